The second-order valence-corrected chi connectivity index (χ2v) is 3.15. The average Bonchev–Trinajstić information content (AvgIpc) is 2.35. The molecule has 0 spiro atoms. The van der Waals surface area contributed by atoms with Gasteiger partial charge in [-0.25, -0.2) is 0 Å². The molecule has 0 aliphatic heterocycles. The lowest BCUT2D eigenvalue weighted by molar-refractivity contribution is 0.0973. The molecular weight excluding hydrogens is 160 g/mol. The smallest absolute Gasteiger partial charge is 0.183 e. The molecule has 0 aliphatic carbocycles. The van der Waals surface area contributed by atoms with Crippen LogP contribution in [0.5, 0.6) is 0 Å². The van der Waals surface area contributed by atoms with E-state index >= 15 is 0 Å². The van der Waals surface area contributed by atoms with Gasteiger partial charge in [0.15, 0.2) is 5.78 Å². The normalized spacial score (nSPS) is 12.9. The van der Waals surface area contributed by atoms with E-state index in [-0.39, 0.29) is 11.8 Å². The van der Waals surface area contributed by atoms with E-state index in [4.69, 9.17) is 5.73 Å². The zero-order valence-corrected chi connectivity index (χ0v) is 7.10. The molecule has 1 atom stereocenters. The summed E-state index contributed by atoms with van der Waals surface area (Å²) in [6, 6.07) is 1.64. The molecule has 0 saturated carbocycles. The fourth-order valence-electron chi connectivity index (χ4n) is 0.753. The zero-order chi connectivity index (χ0) is 8.27. The minimum Gasteiger partial charge on any atom is -0.328 e. The van der Waals surface area contributed by atoms with Crippen molar-refractivity contribution in [1.82, 2.24) is 4.37 Å². The molecule has 0 radical (unpaired) electrons. The van der Waals surface area contributed by atoms with Gasteiger partial charge in [-0.1, -0.05) is 0 Å². The minimum absolute atomic E-state index is 0.0289. The predicted octanol–water partition coefficient (Wildman–Crippen LogP) is 1.06. The minimum atomic E-state index is -0.0794. The largest absolute Gasteiger partial charge is 0.328 e. The van der Waals surface area contributed by atoms with Crippen molar-refractivity contribution in [3.63, 3.8) is 0 Å². The van der Waals surface area contributed by atoms with Crippen molar-refractivity contribution in [3.8, 4) is 0 Å². The summed E-state index contributed by atoms with van der Waals surface area (Å²) in [4.78, 5) is 11.2. The first-order valence-corrected chi connectivity index (χ1v) is 4.23. The number of nitrogens with two attached hydrogens (primary N) is 1. The lowest BCUT2D eigenvalue weighted by atomic mass is 10.1. The SMILES string of the molecule is CC(N)CC(=O)c1ccsn1. The quantitative estimate of drug-likeness (QED) is 0.690. The Bertz CT molecular complexity index is 231. The van der Waals surface area contributed by atoms with Gasteiger partial charge in [0.05, 0.1) is 0 Å². The fraction of sp³-hybridized carbons (Fsp3) is 0.429. The van der Waals surface area contributed by atoms with Crippen LogP contribution < -0.4 is 5.73 Å². The number of hydrogen-bond acceptors (Lipinski definition) is 4. The molecule has 0 aromatic carbocycles. The molecule has 60 valence electrons. The Kier molecular flexibility index (Phi) is 2.73. The number of carbonyl (C=O) groups is 1. The van der Waals surface area contributed by atoms with Crippen LogP contribution in [-0.2, 0) is 0 Å². The topological polar surface area (TPSA) is 56.0 Å². The highest BCUT2D eigenvalue weighted by Gasteiger charge is 2.09. The lowest BCUT2D eigenvalue weighted by Gasteiger charge is -1.99. The van der Waals surface area contributed by atoms with Crippen LogP contribution in [0, 0.1) is 0 Å². The van der Waals surface area contributed by atoms with Crippen molar-refractivity contribution in [2.45, 2.75) is 19.4 Å². The molecule has 1 aromatic rings. The van der Waals surface area contributed by atoms with Gasteiger partial charge < -0.3 is 5.73 Å². The van der Waals surface area contributed by atoms with Gasteiger partial charge in [0.1, 0.15) is 5.69 Å². The van der Waals surface area contributed by atoms with E-state index in [1.54, 1.807) is 11.4 Å². The van der Waals surface area contributed by atoms with Gasteiger partial charge in [-0.3, -0.25) is 4.79 Å². The first-order valence-electron chi connectivity index (χ1n) is 3.39. The Labute approximate surface area is 69.4 Å². The number of rotatable bonds is 3. The molecular formula is C7H10N2OS. The van der Waals surface area contributed by atoms with Gasteiger partial charge in [-0.05, 0) is 24.5 Å². The molecule has 0 bridgehead atoms. The first kappa shape index (κ1) is 8.36. The molecule has 1 rings (SSSR count). The van der Waals surface area contributed by atoms with E-state index < -0.39 is 0 Å². The van der Waals surface area contributed by atoms with Crippen molar-refractivity contribution in [2.75, 3.05) is 0 Å². The molecule has 0 aliphatic rings. The fourth-order valence-corrected chi connectivity index (χ4v) is 1.28. The molecule has 11 heavy (non-hydrogen) atoms. The van der Waals surface area contributed by atoms with Crippen molar-refractivity contribution < 1.29 is 4.79 Å². The number of nitrogens with zero attached hydrogens (tertiary/aromatic N) is 1. The van der Waals surface area contributed by atoms with Crippen LogP contribution in [0.1, 0.15) is 23.8 Å². The lowest BCUT2D eigenvalue weighted by Crippen LogP contribution is -2.19. The first-order chi connectivity index (χ1) is 5.20. The molecule has 0 amide bonds. The Morgan fingerprint density at radius 1 is 1.91 bits per heavy atom. The summed E-state index contributed by atoms with van der Waals surface area (Å²) < 4.78 is 3.91. The van der Waals surface area contributed by atoms with Crippen LogP contribution in [-0.4, -0.2) is 16.2 Å². The third-order valence-electron chi connectivity index (χ3n) is 1.23. The summed E-state index contributed by atoms with van der Waals surface area (Å²) in [6.07, 6.45) is 0.379. The number of hydrogen-bond donors (Lipinski definition) is 1. The van der Waals surface area contributed by atoms with Crippen LogP contribution in [0.15, 0.2) is 11.4 Å². The third kappa shape index (κ3) is 2.40. The Hall–Kier alpha value is -0.740. The summed E-state index contributed by atoms with van der Waals surface area (Å²) >= 11 is 1.28. The van der Waals surface area contributed by atoms with Crippen molar-refractivity contribution in [3.05, 3.63) is 17.1 Å². The van der Waals surface area contributed by atoms with Gasteiger partial charge in [0.2, 0.25) is 0 Å². The van der Waals surface area contributed by atoms with Crippen molar-refractivity contribution in [1.29, 1.82) is 0 Å². The van der Waals surface area contributed by atoms with E-state index in [9.17, 15) is 4.79 Å². The summed E-state index contributed by atoms with van der Waals surface area (Å²) in [7, 11) is 0. The number of carbonyl (C=O) groups excluding carboxylic acids is 1. The second kappa shape index (κ2) is 3.59. The van der Waals surface area contributed by atoms with E-state index in [1.807, 2.05) is 6.92 Å². The monoisotopic (exact) mass is 170 g/mol. The maximum absolute atomic E-state index is 11.2. The molecule has 1 aromatic heterocycles. The van der Waals surface area contributed by atoms with Crippen LogP contribution in [0.2, 0.25) is 0 Å². The van der Waals surface area contributed by atoms with Crippen LogP contribution in [0.3, 0.4) is 0 Å². The Morgan fingerprint density at radius 2 is 2.64 bits per heavy atom. The Morgan fingerprint density at radius 3 is 3.09 bits per heavy atom. The van der Waals surface area contributed by atoms with Gasteiger partial charge in [0.25, 0.3) is 0 Å². The van der Waals surface area contributed by atoms with Crippen LogP contribution >= 0.6 is 11.5 Å². The molecule has 0 saturated heterocycles. The number of Topliss-reactive ketones (excluding diaryl/α,β-unsaturated/α-hetero) is 1. The molecule has 1 unspecified atom stereocenters. The standard InChI is InChI=1S/C7H10N2OS/c1-5(8)4-7(10)6-2-3-11-9-6/h2-3,5H,4,8H2,1H3. The molecule has 3 nitrogen and oxygen atoms in total. The van der Waals surface area contributed by atoms with E-state index in [0.717, 1.165) is 0 Å². The predicted molar refractivity (Wildman–Crippen MR) is 44.7 cm³/mol. The molecule has 4 heteroatoms. The van der Waals surface area contributed by atoms with E-state index in [0.29, 0.717) is 12.1 Å². The molecule has 0 fully saturated rings. The van der Waals surface area contributed by atoms with Gasteiger partial charge in [-0.2, -0.15) is 4.37 Å². The second-order valence-electron chi connectivity index (χ2n) is 2.49. The highest BCUT2D eigenvalue weighted by Crippen LogP contribution is 2.04. The summed E-state index contributed by atoms with van der Waals surface area (Å²) in [5.74, 6) is 0.0289. The van der Waals surface area contributed by atoms with Gasteiger partial charge in [-0.15, -0.1) is 0 Å². The highest BCUT2D eigenvalue weighted by molar-refractivity contribution is 7.03. The molecule has 2 N–H and O–H groups in total. The maximum atomic E-state index is 11.2. The van der Waals surface area contributed by atoms with Crippen LogP contribution in [0.25, 0.3) is 0 Å². The van der Waals surface area contributed by atoms with Crippen molar-refractivity contribution in [2.24, 2.45) is 5.73 Å². The highest BCUT2D eigenvalue weighted by atomic mass is 32.1. The maximum Gasteiger partial charge on any atom is 0.183 e. The van der Waals surface area contributed by atoms with Crippen molar-refractivity contribution >= 4 is 17.3 Å². The third-order valence-corrected chi connectivity index (χ3v) is 1.79. The average molecular weight is 170 g/mol. The summed E-state index contributed by atoms with van der Waals surface area (Å²) in [5.41, 5.74) is 5.99. The zero-order valence-electron chi connectivity index (χ0n) is 6.28. The van der Waals surface area contributed by atoms with E-state index in [1.165, 1.54) is 11.5 Å². The summed E-state index contributed by atoms with van der Waals surface area (Å²) in [6.45, 7) is 1.81. The Balaban J connectivity index is 2.57. The number of aromatic nitrogens is 1. The van der Waals surface area contributed by atoms with Crippen LogP contribution in [0.4, 0.5) is 0 Å². The summed E-state index contributed by atoms with van der Waals surface area (Å²) in [5, 5.41) is 1.79. The van der Waals surface area contributed by atoms with Gasteiger partial charge >= 0.3 is 0 Å². The van der Waals surface area contributed by atoms with Gasteiger partial charge in [0, 0.05) is 17.8 Å². The molecule has 1 heterocycles. The van der Waals surface area contributed by atoms with E-state index in [2.05, 4.69) is 4.37 Å². The number of ketones is 1.